The van der Waals surface area contributed by atoms with E-state index in [1.807, 2.05) is 43.3 Å². The van der Waals surface area contributed by atoms with Crippen LogP contribution in [0.15, 0.2) is 24.3 Å². The topological polar surface area (TPSA) is 52.8 Å². The number of anilines is 2. The molecule has 1 aromatic carbocycles. The van der Waals surface area contributed by atoms with Gasteiger partial charge in [-0.3, -0.25) is 9.80 Å². The van der Waals surface area contributed by atoms with Crippen molar-refractivity contribution in [1.29, 1.82) is 0 Å². The van der Waals surface area contributed by atoms with Crippen LogP contribution in [0.5, 0.6) is 0 Å². The molecule has 1 heterocycles. The minimum absolute atomic E-state index is 0.117. The van der Waals surface area contributed by atoms with Crippen molar-refractivity contribution >= 4 is 17.7 Å². The molecule has 2 rings (SSSR count). The minimum Gasteiger partial charge on any atom is -0.399 e. The number of aldehydes is 1. The van der Waals surface area contributed by atoms with Crippen LogP contribution in [0.4, 0.5) is 11.4 Å². The van der Waals surface area contributed by atoms with E-state index in [-0.39, 0.29) is 6.17 Å². The van der Waals surface area contributed by atoms with Crippen molar-refractivity contribution in [3.8, 4) is 0 Å². The summed E-state index contributed by atoms with van der Waals surface area (Å²) in [6.45, 7) is 3.65. The standard InChI is InChI=1S/C14H22N4O/c1-16(2)14(11-19)18-9-7-17(8-10-18)13-5-3-12(15)4-6-13/h3-6,11,14H,7-10,15H2,1-2H3. The summed E-state index contributed by atoms with van der Waals surface area (Å²) in [5.74, 6) is 0. The van der Waals surface area contributed by atoms with Gasteiger partial charge in [-0.1, -0.05) is 0 Å². The van der Waals surface area contributed by atoms with Gasteiger partial charge in [0.15, 0.2) is 6.29 Å². The van der Waals surface area contributed by atoms with Crippen LogP contribution in [0.2, 0.25) is 0 Å². The first kappa shape index (κ1) is 13.8. The summed E-state index contributed by atoms with van der Waals surface area (Å²) < 4.78 is 0. The fourth-order valence-corrected chi connectivity index (χ4v) is 2.46. The van der Waals surface area contributed by atoms with Crippen LogP contribution in [0.25, 0.3) is 0 Å². The summed E-state index contributed by atoms with van der Waals surface area (Å²) in [7, 11) is 3.87. The van der Waals surface area contributed by atoms with Gasteiger partial charge in [-0.25, -0.2) is 0 Å². The number of benzene rings is 1. The summed E-state index contributed by atoms with van der Waals surface area (Å²) in [5, 5.41) is 0. The van der Waals surface area contributed by atoms with Crippen LogP contribution in [-0.2, 0) is 4.79 Å². The summed E-state index contributed by atoms with van der Waals surface area (Å²) >= 11 is 0. The van der Waals surface area contributed by atoms with E-state index in [0.29, 0.717) is 0 Å². The van der Waals surface area contributed by atoms with Gasteiger partial charge in [-0.15, -0.1) is 0 Å². The number of hydrogen-bond donors (Lipinski definition) is 1. The average molecular weight is 262 g/mol. The fourth-order valence-electron chi connectivity index (χ4n) is 2.46. The molecule has 0 saturated carbocycles. The monoisotopic (exact) mass is 262 g/mol. The van der Waals surface area contributed by atoms with Crippen molar-refractivity contribution in [3.05, 3.63) is 24.3 Å². The number of likely N-dealkylation sites (N-methyl/N-ethyl adjacent to an activating group) is 1. The second-order valence-corrected chi connectivity index (χ2v) is 5.13. The normalized spacial score (nSPS) is 18.6. The van der Waals surface area contributed by atoms with Gasteiger partial charge in [0.05, 0.1) is 0 Å². The Hall–Kier alpha value is -1.59. The lowest BCUT2D eigenvalue weighted by Crippen LogP contribution is -2.55. The van der Waals surface area contributed by atoms with Gasteiger partial charge in [0, 0.05) is 37.6 Å². The number of piperazine rings is 1. The largest absolute Gasteiger partial charge is 0.399 e. The molecule has 5 nitrogen and oxygen atoms in total. The highest BCUT2D eigenvalue weighted by Gasteiger charge is 2.24. The van der Waals surface area contributed by atoms with Gasteiger partial charge >= 0.3 is 0 Å². The Balaban J connectivity index is 1.95. The van der Waals surface area contributed by atoms with Crippen molar-refractivity contribution in [2.45, 2.75) is 6.17 Å². The molecule has 0 amide bonds. The second kappa shape index (κ2) is 6.04. The Morgan fingerprint density at radius 2 is 1.74 bits per heavy atom. The molecule has 0 aliphatic carbocycles. The highest BCUT2D eigenvalue weighted by atomic mass is 16.1. The van der Waals surface area contributed by atoms with Crippen molar-refractivity contribution in [1.82, 2.24) is 9.80 Å². The molecular formula is C14H22N4O. The fraction of sp³-hybridized carbons (Fsp3) is 0.500. The molecule has 0 radical (unpaired) electrons. The van der Waals surface area contributed by atoms with Gasteiger partial charge in [0.25, 0.3) is 0 Å². The number of nitrogen functional groups attached to an aromatic ring is 1. The number of rotatable bonds is 4. The Morgan fingerprint density at radius 3 is 2.21 bits per heavy atom. The highest BCUT2D eigenvalue weighted by molar-refractivity contribution is 5.57. The van der Waals surface area contributed by atoms with Gasteiger partial charge in [-0.2, -0.15) is 0 Å². The summed E-state index contributed by atoms with van der Waals surface area (Å²) in [4.78, 5) is 17.6. The molecule has 1 aliphatic heterocycles. The third-order valence-corrected chi connectivity index (χ3v) is 3.60. The minimum atomic E-state index is -0.117. The zero-order chi connectivity index (χ0) is 13.8. The first-order valence-electron chi connectivity index (χ1n) is 6.58. The van der Waals surface area contributed by atoms with E-state index in [1.54, 1.807) is 0 Å². The van der Waals surface area contributed by atoms with Crippen LogP contribution in [0.3, 0.4) is 0 Å². The molecule has 19 heavy (non-hydrogen) atoms. The molecule has 1 atom stereocenters. The van der Waals surface area contributed by atoms with Crippen molar-refractivity contribution in [2.24, 2.45) is 0 Å². The quantitative estimate of drug-likeness (QED) is 0.632. The molecule has 0 bridgehead atoms. The zero-order valence-corrected chi connectivity index (χ0v) is 11.6. The summed E-state index contributed by atoms with van der Waals surface area (Å²) in [5.41, 5.74) is 7.68. The zero-order valence-electron chi connectivity index (χ0n) is 11.6. The van der Waals surface area contributed by atoms with Crippen LogP contribution >= 0.6 is 0 Å². The van der Waals surface area contributed by atoms with Gasteiger partial charge < -0.3 is 15.4 Å². The molecule has 0 spiro atoms. The number of nitrogens with zero attached hydrogens (tertiary/aromatic N) is 3. The van der Waals surface area contributed by atoms with Crippen LogP contribution in [0.1, 0.15) is 0 Å². The third kappa shape index (κ3) is 3.24. The molecule has 2 N–H and O–H groups in total. The molecule has 1 aliphatic rings. The Bertz CT molecular complexity index is 410. The van der Waals surface area contributed by atoms with E-state index in [0.717, 1.165) is 38.2 Å². The molecule has 1 unspecified atom stereocenters. The summed E-state index contributed by atoms with van der Waals surface area (Å²) in [6.07, 6.45) is 0.896. The SMILES string of the molecule is CN(C)C(C=O)N1CCN(c2ccc(N)cc2)CC1. The van der Waals surface area contributed by atoms with Crippen molar-refractivity contribution in [2.75, 3.05) is 50.9 Å². The van der Waals surface area contributed by atoms with Gasteiger partial charge in [0.2, 0.25) is 0 Å². The predicted octanol–water partition coefficient (Wildman–Crippen LogP) is 0.477. The average Bonchev–Trinajstić information content (AvgIpc) is 2.41. The molecule has 5 heteroatoms. The smallest absolute Gasteiger partial charge is 0.151 e. The highest BCUT2D eigenvalue weighted by Crippen LogP contribution is 2.18. The molecule has 104 valence electrons. The Kier molecular flexibility index (Phi) is 4.39. The summed E-state index contributed by atoms with van der Waals surface area (Å²) in [6, 6.07) is 7.95. The Morgan fingerprint density at radius 1 is 1.16 bits per heavy atom. The van der Waals surface area contributed by atoms with Crippen LogP contribution < -0.4 is 10.6 Å². The maximum absolute atomic E-state index is 11.1. The Labute approximate surface area is 114 Å². The van der Waals surface area contributed by atoms with Crippen LogP contribution in [0, 0.1) is 0 Å². The van der Waals surface area contributed by atoms with Crippen molar-refractivity contribution in [3.63, 3.8) is 0 Å². The van der Waals surface area contributed by atoms with Gasteiger partial charge in [0.1, 0.15) is 6.17 Å². The maximum atomic E-state index is 11.1. The number of carbonyl (C=O) groups is 1. The molecule has 1 aromatic rings. The van der Waals surface area contributed by atoms with E-state index < -0.39 is 0 Å². The van der Waals surface area contributed by atoms with Crippen molar-refractivity contribution < 1.29 is 4.79 Å². The van der Waals surface area contributed by atoms with Crippen LogP contribution in [-0.4, -0.2) is 62.5 Å². The molecular weight excluding hydrogens is 240 g/mol. The lowest BCUT2D eigenvalue weighted by molar-refractivity contribution is -0.117. The third-order valence-electron chi connectivity index (χ3n) is 3.60. The second-order valence-electron chi connectivity index (χ2n) is 5.13. The van der Waals surface area contributed by atoms with Gasteiger partial charge in [-0.05, 0) is 38.4 Å². The number of carbonyl (C=O) groups excluding carboxylic acids is 1. The lowest BCUT2D eigenvalue weighted by Gasteiger charge is -2.40. The van der Waals surface area contributed by atoms with E-state index in [9.17, 15) is 4.79 Å². The number of nitrogens with two attached hydrogens (primary N) is 1. The molecule has 1 saturated heterocycles. The van der Waals surface area contributed by atoms with E-state index >= 15 is 0 Å². The van der Waals surface area contributed by atoms with E-state index in [1.165, 1.54) is 5.69 Å². The molecule has 0 aromatic heterocycles. The first-order chi connectivity index (χ1) is 9.11. The lowest BCUT2D eigenvalue weighted by atomic mass is 10.2. The van der Waals surface area contributed by atoms with E-state index in [2.05, 4.69) is 9.80 Å². The number of hydrogen-bond acceptors (Lipinski definition) is 5. The van der Waals surface area contributed by atoms with E-state index in [4.69, 9.17) is 5.73 Å². The first-order valence-corrected chi connectivity index (χ1v) is 6.58. The predicted molar refractivity (Wildman–Crippen MR) is 78.2 cm³/mol. The molecule has 1 fully saturated rings. The maximum Gasteiger partial charge on any atom is 0.151 e.